The van der Waals surface area contributed by atoms with Gasteiger partial charge in [0.1, 0.15) is 0 Å². The molecule has 4 bridgehead atoms. The van der Waals surface area contributed by atoms with Gasteiger partial charge >= 0.3 is 0 Å². The molecule has 0 amide bonds. The lowest BCUT2D eigenvalue weighted by atomic mass is 9.43. The zero-order chi connectivity index (χ0) is 11.4. The third-order valence-corrected chi connectivity index (χ3v) is 6.16. The van der Waals surface area contributed by atoms with Gasteiger partial charge in [-0.15, -0.1) is 0 Å². The standard InChI is InChI=1S/C15H23N/c1-3-14(2,10-16)15-7-11-4-12(8-15)6-13(5-11)9-15/h11-13H,3-9H2,1-2H3. The molecule has 0 aromatic rings. The van der Waals surface area contributed by atoms with E-state index in [-0.39, 0.29) is 5.41 Å². The van der Waals surface area contributed by atoms with Crippen molar-refractivity contribution in [2.24, 2.45) is 28.6 Å². The van der Waals surface area contributed by atoms with Crippen LogP contribution < -0.4 is 0 Å². The van der Waals surface area contributed by atoms with Crippen molar-refractivity contribution in [3.8, 4) is 6.07 Å². The number of hydrogen-bond acceptors (Lipinski definition) is 1. The van der Waals surface area contributed by atoms with Crippen molar-refractivity contribution in [1.29, 1.82) is 5.26 Å². The highest BCUT2D eigenvalue weighted by molar-refractivity contribution is 5.14. The zero-order valence-corrected chi connectivity index (χ0v) is 10.6. The quantitative estimate of drug-likeness (QED) is 0.682. The first-order valence-electron chi connectivity index (χ1n) is 7.02. The Morgan fingerprint density at radius 3 is 1.88 bits per heavy atom. The minimum atomic E-state index is -0.0526. The van der Waals surface area contributed by atoms with Crippen LogP contribution in [0.2, 0.25) is 0 Å². The predicted molar refractivity (Wildman–Crippen MR) is 64.6 cm³/mol. The van der Waals surface area contributed by atoms with E-state index < -0.39 is 0 Å². The van der Waals surface area contributed by atoms with Crippen LogP contribution in [0.1, 0.15) is 58.8 Å². The van der Waals surface area contributed by atoms with Crippen molar-refractivity contribution in [2.75, 3.05) is 0 Å². The Hall–Kier alpha value is -0.510. The second kappa shape index (κ2) is 3.25. The molecule has 1 atom stereocenters. The minimum Gasteiger partial charge on any atom is -0.198 e. The van der Waals surface area contributed by atoms with Gasteiger partial charge in [-0.05, 0) is 75.0 Å². The maximum atomic E-state index is 9.60. The Labute approximate surface area is 99.2 Å². The van der Waals surface area contributed by atoms with Gasteiger partial charge in [-0.1, -0.05) is 6.92 Å². The number of rotatable bonds is 2. The van der Waals surface area contributed by atoms with Crippen LogP contribution in [-0.2, 0) is 0 Å². The summed E-state index contributed by atoms with van der Waals surface area (Å²) in [7, 11) is 0. The average Bonchev–Trinajstić information content (AvgIpc) is 2.26. The highest BCUT2D eigenvalue weighted by Gasteiger charge is 2.58. The Morgan fingerprint density at radius 2 is 1.56 bits per heavy atom. The van der Waals surface area contributed by atoms with Crippen LogP contribution in [0.15, 0.2) is 0 Å². The molecule has 88 valence electrons. The molecule has 4 rings (SSSR count). The maximum Gasteiger partial charge on any atom is 0.0692 e. The van der Waals surface area contributed by atoms with Crippen molar-refractivity contribution in [1.82, 2.24) is 0 Å². The molecule has 0 aliphatic heterocycles. The largest absolute Gasteiger partial charge is 0.198 e. The van der Waals surface area contributed by atoms with Gasteiger partial charge in [-0.25, -0.2) is 0 Å². The first kappa shape index (κ1) is 10.6. The van der Waals surface area contributed by atoms with E-state index in [9.17, 15) is 5.26 Å². The Morgan fingerprint density at radius 1 is 1.12 bits per heavy atom. The van der Waals surface area contributed by atoms with Crippen LogP contribution in [0.5, 0.6) is 0 Å². The monoisotopic (exact) mass is 217 g/mol. The molecule has 4 fully saturated rings. The fourth-order valence-corrected chi connectivity index (χ4v) is 5.36. The Balaban J connectivity index is 1.97. The van der Waals surface area contributed by atoms with Crippen LogP contribution in [-0.4, -0.2) is 0 Å². The lowest BCUT2D eigenvalue weighted by Crippen LogP contribution is -2.53. The topological polar surface area (TPSA) is 23.8 Å². The van der Waals surface area contributed by atoms with E-state index in [1.807, 2.05) is 0 Å². The van der Waals surface area contributed by atoms with E-state index in [0.717, 1.165) is 24.2 Å². The fraction of sp³-hybridized carbons (Fsp3) is 0.933. The summed E-state index contributed by atoms with van der Waals surface area (Å²) in [6, 6.07) is 2.69. The zero-order valence-electron chi connectivity index (χ0n) is 10.6. The number of hydrogen-bond donors (Lipinski definition) is 0. The van der Waals surface area contributed by atoms with Crippen LogP contribution in [0.4, 0.5) is 0 Å². The van der Waals surface area contributed by atoms with E-state index in [2.05, 4.69) is 19.9 Å². The van der Waals surface area contributed by atoms with Gasteiger partial charge < -0.3 is 0 Å². The van der Waals surface area contributed by atoms with Crippen LogP contribution in [0.25, 0.3) is 0 Å². The molecule has 0 heterocycles. The molecule has 0 saturated heterocycles. The molecule has 0 aromatic carbocycles. The van der Waals surface area contributed by atoms with E-state index in [1.54, 1.807) is 0 Å². The van der Waals surface area contributed by atoms with Gasteiger partial charge in [0.25, 0.3) is 0 Å². The van der Waals surface area contributed by atoms with Crippen molar-refractivity contribution in [3.05, 3.63) is 0 Å². The second-order valence-corrected chi connectivity index (χ2v) is 7.00. The average molecular weight is 217 g/mol. The van der Waals surface area contributed by atoms with Crippen molar-refractivity contribution < 1.29 is 0 Å². The third kappa shape index (κ3) is 1.22. The molecule has 4 aliphatic carbocycles. The smallest absolute Gasteiger partial charge is 0.0692 e. The second-order valence-electron chi connectivity index (χ2n) is 7.00. The summed E-state index contributed by atoms with van der Waals surface area (Å²) in [6.45, 7) is 4.45. The highest BCUT2D eigenvalue weighted by atomic mass is 14.6. The number of nitriles is 1. The Kier molecular flexibility index (Phi) is 2.16. The van der Waals surface area contributed by atoms with Gasteiger partial charge in [-0.2, -0.15) is 5.26 Å². The van der Waals surface area contributed by atoms with E-state index in [0.29, 0.717) is 5.41 Å². The van der Waals surface area contributed by atoms with E-state index in [4.69, 9.17) is 0 Å². The highest BCUT2D eigenvalue weighted by Crippen LogP contribution is 2.66. The van der Waals surface area contributed by atoms with Crippen LogP contribution >= 0.6 is 0 Å². The molecular formula is C15H23N. The summed E-state index contributed by atoms with van der Waals surface area (Å²) in [5, 5.41) is 9.60. The van der Waals surface area contributed by atoms with Crippen molar-refractivity contribution in [2.45, 2.75) is 58.8 Å². The normalized spacial score (nSPS) is 48.7. The molecule has 1 unspecified atom stereocenters. The van der Waals surface area contributed by atoms with Crippen molar-refractivity contribution in [3.63, 3.8) is 0 Å². The van der Waals surface area contributed by atoms with Gasteiger partial charge in [-0.3, -0.25) is 0 Å². The van der Waals surface area contributed by atoms with Gasteiger partial charge in [0.2, 0.25) is 0 Å². The minimum absolute atomic E-state index is 0.0526. The van der Waals surface area contributed by atoms with Crippen molar-refractivity contribution >= 4 is 0 Å². The summed E-state index contributed by atoms with van der Waals surface area (Å²) in [6.07, 6.45) is 9.54. The summed E-state index contributed by atoms with van der Waals surface area (Å²) < 4.78 is 0. The number of nitrogens with zero attached hydrogens (tertiary/aromatic N) is 1. The third-order valence-electron chi connectivity index (χ3n) is 6.16. The molecular weight excluding hydrogens is 194 g/mol. The summed E-state index contributed by atoms with van der Waals surface area (Å²) >= 11 is 0. The molecule has 1 nitrogen and oxygen atoms in total. The first-order chi connectivity index (χ1) is 7.61. The molecule has 0 N–H and O–H groups in total. The predicted octanol–water partition coefficient (Wildman–Crippen LogP) is 4.14. The van der Waals surface area contributed by atoms with Gasteiger partial charge in [0.15, 0.2) is 0 Å². The molecule has 4 aliphatic rings. The van der Waals surface area contributed by atoms with E-state index >= 15 is 0 Å². The summed E-state index contributed by atoms with van der Waals surface area (Å²) in [4.78, 5) is 0. The molecule has 0 spiro atoms. The summed E-state index contributed by atoms with van der Waals surface area (Å²) in [5.41, 5.74) is 0.342. The van der Waals surface area contributed by atoms with Gasteiger partial charge in [0.05, 0.1) is 11.5 Å². The summed E-state index contributed by atoms with van der Waals surface area (Å²) in [5.74, 6) is 2.89. The maximum absolute atomic E-state index is 9.60. The van der Waals surface area contributed by atoms with Gasteiger partial charge in [0, 0.05) is 0 Å². The van der Waals surface area contributed by atoms with Crippen LogP contribution in [0.3, 0.4) is 0 Å². The lowest BCUT2D eigenvalue weighted by Gasteiger charge is -2.61. The molecule has 0 aromatic heterocycles. The molecule has 4 saturated carbocycles. The molecule has 1 heteroatoms. The molecule has 0 radical (unpaired) electrons. The Bertz CT molecular complexity index is 303. The lowest BCUT2D eigenvalue weighted by molar-refractivity contribution is -0.107. The van der Waals surface area contributed by atoms with E-state index in [1.165, 1.54) is 38.5 Å². The SMILES string of the molecule is CCC(C)(C#N)C12CC3CC(CC(C3)C1)C2. The first-order valence-corrected chi connectivity index (χ1v) is 7.02. The van der Waals surface area contributed by atoms with Crippen LogP contribution in [0, 0.1) is 39.9 Å². The fourth-order valence-electron chi connectivity index (χ4n) is 5.36. The molecule has 16 heavy (non-hydrogen) atoms.